The van der Waals surface area contributed by atoms with Crippen LogP contribution in [0, 0.1) is 0 Å². The predicted octanol–water partition coefficient (Wildman–Crippen LogP) is 5.73. The van der Waals surface area contributed by atoms with E-state index < -0.39 is 6.04 Å². The van der Waals surface area contributed by atoms with Crippen molar-refractivity contribution in [3.8, 4) is 5.75 Å². The molecule has 0 radical (unpaired) electrons. The Balaban J connectivity index is 2.24. The quantitative estimate of drug-likeness (QED) is 0.469. The van der Waals surface area contributed by atoms with E-state index in [0.29, 0.717) is 30.9 Å². The van der Waals surface area contributed by atoms with Gasteiger partial charge in [-0.15, -0.1) is 0 Å². The molecule has 0 aliphatic heterocycles. The summed E-state index contributed by atoms with van der Waals surface area (Å²) in [6, 6.07) is 9.25. The highest BCUT2D eigenvalue weighted by Gasteiger charge is 2.28. The Labute approximate surface area is 199 Å². The van der Waals surface area contributed by atoms with E-state index in [1.54, 1.807) is 43.3 Å². The van der Waals surface area contributed by atoms with Crippen LogP contribution in [0.3, 0.4) is 0 Å². The molecule has 0 aliphatic rings. The number of amides is 2. The van der Waals surface area contributed by atoms with E-state index in [4.69, 9.17) is 39.5 Å². The number of nitrogens with one attached hydrogen (secondary N) is 1. The number of halogens is 4. The molecular weight excluding hydrogens is 515 g/mol. The molecule has 1 unspecified atom stereocenters. The molecule has 0 heterocycles. The molecule has 30 heavy (non-hydrogen) atoms. The smallest absolute Gasteiger partial charge is 0.261 e. The molecule has 0 aromatic heterocycles. The van der Waals surface area contributed by atoms with Gasteiger partial charge in [-0.2, -0.15) is 0 Å². The molecule has 162 valence electrons. The molecule has 0 aliphatic carbocycles. The van der Waals surface area contributed by atoms with Crippen LogP contribution in [0.5, 0.6) is 5.75 Å². The number of rotatable bonds is 8. The molecule has 1 atom stereocenters. The summed E-state index contributed by atoms with van der Waals surface area (Å²) < 4.78 is 6.27. The lowest BCUT2D eigenvalue weighted by Gasteiger charge is -2.30. The number of hydrogen-bond acceptors (Lipinski definition) is 3. The number of carbonyl (C=O) groups excluding carboxylic acids is 2. The van der Waals surface area contributed by atoms with Crippen molar-refractivity contribution < 1.29 is 14.3 Å². The summed E-state index contributed by atoms with van der Waals surface area (Å²) in [7, 11) is 0. The first-order valence-corrected chi connectivity index (χ1v) is 11.1. The Morgan fingerprint density at radius 3 is 2.30 bits per heavy atom. The van der Waals surface area contributed by atoms with Gasteiger partial charge in [-0.1, -0.05) is 40.9 Å². The molecule has 2 aromatic carbocycles. The maximum atomic E-state index is 13.0. The lowest BCUT2D eigenvalue weighted by atomic mass is 10.1. The van der Waals surface area contributed by atoms with E-state index in [2.05, 4.69) is 21.2 Å². The third kappa shape index (κ3) is 6.77. The van der Waals surface area contributed by atoms with Crippen LogP contribution < -0.4 is 10.1 Å². The molecule has 5 nitrogen and oxygen atoms in total. The van der Waals surface area contributed by atoms with E-state index in [1.807, 2.05) is 13.8 Å². The van der Waals surface area contributed by atoms with Crippen molar-refractivity contribution in [1.29, 1.82) is 0 Å². The average Bonchev–Trinajstić information content (AvgIpc) is 2.66. The number of nitrogens with zero attached hydrogens (tertiary/aromatic N) is 1. The van der Waals surface area contributed by atoms with E-state index in [1.165, 1.54) is 4.90 Å². The van der Waals surface area contributed by atoms with E-state index in [-0.39, 0.29) is 31.0 Å². The zero-order chi connectivity index (χ0) is 22.4. The molecule has 9 heteroatoms. The van der Waals surface area contributed by atoms with Gasteiger partial charge in [0.05, 0.1) is 4.47 Å². The van der Waals surface area contributed by atoms with Crippen molar-refractivity contribution >= 4 is 62.5 Å². The van der Waals surface area contributed by atoms with Gasteiger partial charge in [0, 0.05) is 33.2 Å². The Morgan fingerprint density at radius 2 is 1.73 bits per heavy atom. The number of benzene rings is 2. The topological polar surface area (TPSA) is 58.6 Å². The fourth-order valence-corrected chi connectivity index (χ4v) is 3.97. The number of carbonyl (C=O) groups is 2. The fraction of sp³-hybridized carbons (Fsp3) is 0.333. The SMILES string of the molecule is CC(C)NC(=O)C(C)N(Cc1c(Cl)cccc1Cl)C(=O)COc1ccc(Cl)cc1Br. The molecule has 2 amide bonds. The molecule has 0 fully saturated rings. The summed E-state index contributed by atoms with van der Waals surface area (Å²) >= 11 is 21.9. The van der Waals surface area contributed by atoms with Crippen molar-refractivity contribution in [1.82, 2.24) is 10.2 Å². The summed E-state index contributed by atoms with van der Waals surface area (Å²) in [5, 5.41) is 4.19. The van der Waals surface area contributed by atoms with Gasteiger partial charge in [-0.3, -0.25) is 9.59 Å². The lowest BCUT2D eigenvalue weighted by molar-refractivity contribution is -0.142. The van der Waals surface area contributed by atoms with Crippen LogP contribution in [0.15, 0.2) is 40.9 Å². The highest BCUT2D eigenvalue weighted by molar-refractivity contribution is 9.10. The first kappa shape index (κ1) is 24.8. The van der Waals surface area contributed by atoms with Gasteiger partial charge in [0.2, 0.25) is 5.91 Å². The standard InChI is InChI=1S/C21H22BrCl3N2O3/c1-12(2)26-21(29)13(3)27(10-15-17(24)5-4-6-18(15)25)20(28)11-30-19-8-7-14(23)9-16(19)22/h4-9,12-13H,10-11H2,1-3H3,(H,26,29). The molecule has 0 spiro atoms. The summed E-state index contributed by atoms with van der Waals surface area (Å²) in [5.74, 6) is -0.212. The van der Waals surface area contributed by atoms with Gasteiger partial charge in [0.15, 0.2) is 6.61 Å². The highest BCUT2D eigenvalue weighted by atomic mass is 79.9. The minimum absolute atomic E-state index is 0.0647. The van der Waals surface area contributed by atoms with Crippen LogP contribution >= 0.6 is 50.7 Å². The van der Waals surface area contributed by atoms with Gasteiger partial charge in [-0.25, -0.2) is 0 Å². The first-order chi connectivity index (χ1) is 14.1. The summed E-state index contributed by atoms with van der Waals surface area (Å²) in [5.41, 5.74) is 0.561. The first-order valence-electron chi connectivity index (χ1n) is 9.20. The fourth-order valence-electron chi connectivity index (χ4n) is 2.66. The normalized spacial score (nSPS) is 11.9. The average molecular weight is 537 g/mol. The molecule has 0 saturated heterocycles. The number of ether oxygens (including phenoxy) is 1. The largest absolute Gasteiger partial charge is 0.483 e. The Bertz CT molecular complexity index is 904. The summed E-state index contributed by atoms with van der Waals surface area (Å²) in [6.07, 6.45) is 0. The van der Waals surface area contributed by atoms with Gasteiger partial charge in [-0.05, 0) is 67.0 Å². The molecule has 1 N–H and O–H groups in total. The van der Waals surface area contributed by atoms with Crippen LogP contribution in [0.2, 0.25) is 15.1 Å². The zero-order valence-corrected chi connectivity index (χ0v) is 20.6. The van der Waals surface area contributed by atoms with Gasteiger partial charge in [0.1, 0.15) is 11.8 Å². The highest BCUT2D eigenvalue weighted by Crippen LogP contribution is 2.29. The Morgan fingerprint density at radius 1 is 1.10 bits per heavy atom. The van der Waals surface area contributed by atoms with Gasteiger partial charge < -0.3 is 15.0 Å². The van der Waals surface area contributed by atoms with E-state index >= 15 is 0 Å². The van der Waals surface area contributed by atoms with Crippen LogP contribution in [-0.4, -0.2) is 35.4 Å². The number of hydrogen-bond donors (Lipinski definition) is 1. The maximum Gasteiger partial charge on any atom is 0.261 e. The van der Waals surface area contributed by atoms with Gasteiger partial charge in [0.25, 0.3) is 5.91 Å². The molecule has 0 bridgehead atoms. The van der Waals surface area contributed by atoms with E-state index in [9.17, 15) is 9.59 Å². The minimum atomic E-state index is -0.760. The van der Waals surface area contributed by atoms with Crippen molar-refractivity contribution in [3.05, 3.63) is 61.5 Å². The molecular formula is C21H22BrCl3N2O3. The van der Waals surface area contributed by atoms with Crippen LogP contribution in [0.4, 0.5) is 0 Å². The molecule has 0 saturated carbocycles. The Hall–Kier alpha value is -1.47. The third-order valence-electron chi connectivity index (χ3n) is 4.23. The summed E-state index contributed by atoms with van der Waals surface area (Å²) in [6.45, 7) is 5.14. The van der Waals surface area contributed by atoms with Crippen LogP contribution in [0.25, 0.3) is 0 Å². The Kier molecular flexibility index (Phi) is 9.29. The second-order valence-corrected chi connectivity index (χ2v) is 9.03. The lowest BCUT2D eigenvalue weighted by Crippen LogP contribution is -2.50. The third-order valence-corrected chi connectivity index (χ3v) is 5.80. The van der Waals surface area contributed by atoms with Crippen LogP contribution in [0.1, 0.15) is 26.3 Å². The summed E-state index contributed by atoms with van der Waals surface area (Å²) in [4.78, 5) is 27.0. The zero-order valence-electron chi connectivity index (χ0n) is 16.7. The van der Waals surface area contributed by atoms with Crippen molar-refractivity contribution in [2.75, 3.05) is 6.61 Å². The van der Waals surface area contributed by atoms with Crippen molar-refractivity contribution in [2.24, 2.45) is 0 Å². The second kappa shape index (κ2) is 11.2. The molecule has 2 rings (SSSR count). The van der Waals surface area contributed by atoms with E-state index in [0.717, 1.165) is 0 Å². The maximum absolute atomic E-state index is 13.0. The minimum Gasteiger partial charge on any atom is -0.483 e. The van der Waals surface area contributed by atoms with Crippen molar-refractivity contribution in [2.45, 2.75) is 39.4 Å². The monoisotopic (exact) mass is 534 g/mol. The van der Waals surface area contributed by atoms with Crippen LogP contribution in [-0.2, 0) is 16.1 Å². The van der Waals surface area contributed by atoms with Gasteiger partial charge >= 0.3 is 0 Å². The van der Waals surface area contributed by atoms with Crippen molar-refractivity contribution in [3.63, 3.8) is 0 Å². The molecule has 2 aromatic rings. The predicted molar refractivity (Wildman–Crippen MR) is 124 cm³/mol. The second-order valence-electron chi connectivity index (χ2n) is 6.92.